The van der Waals surface area contributed by atoms with Crippen molar-refractivity contribution in [2.45, 2.75) is 32.4 Å². The van der Waals surface area contributed by atoms with E-state index in [9.17, 15) is 18.5 Å². The summed E-state index contributed by atoms with van der Waals surface area (Å²) in [5.74, 6) is -0.446. The third kappa shape index (κ3) is 5.33. The highest BCUT2D eigenvalue weighted by Gasteiger charge is 2.29. The number of nitrogens with zero attached hydrogens (tertiary/aromatic N) is 3. The van der Waals surface area contributed by atoms with Crippen molar-refractivity contribution in [3.05, 3.63) is 58.8 Å². The van der Waals surface area contributed by atoms with E-state index in [0.29, 0.717) is 42.9 Å². The van der Waals surface area contributed by atoms with Crippen molar-refractivity contribution >= 4 is 21.7 Å². The zero-order chi connectivity index (χ0) is 21.0. The molecule has 0 aliphatic carbocycles. The van der Waals surface area contributed by atoms with E-state index in [4.69, 9.17) is 0 Å². The van der Waals surface area contributed by atoms with Gasteiger partial charge in [-0.05, 0) is 44.4 Å². The zero-order valence-corrected chi connectivity index (χ0v) is 17.4. The number of aromatic nitrogens is 1. The second-order valence-corrected chi connectivity index (χ2v) is 9.13. The number of amides is 1. The topological polar surface area (TPSA) is 103 Å². The minimum absolute atomic E-state index is 0.226. The van der Waals surface area contributed by atoms with Gasteiger partial charge in [-0.2, -0.15) is 5.26 Å². The third-order valence-corrected chi connectivity index (χ3v) is 6.26. The first-order valence-electron chi connectivity index (χ1n) is 9.50. The van der Waals surface area contributed by atoms with Crippen molar-refractivity contribution in [1.29, 1.82) is 5.26 Å². The summed E-state index contributed by atoms with van der Waals surface area (Å²) in [6.45, 7) is 4.88. The van der Waals surface area contributed by atoms with Crippen LogP contribution in [0, 0.1) is 31.1 Å². The number of carbonyl (C=O) groups excluding carboxylic acids is 1. The number of aryl methyl sites for hydroxylation is 2. The summed E-state index contributed by atoms with van der Waals surface area (Å²) in [6, 6.07) is 12.9. The fourth-order valence-corrected chi connectivity index (χ4v) is 4.58. The first-order chi connectivity index (χ1) is 13.8. The molecule has 0 atom stereocenters. The summed E-state index contributed by atoms with van der Waals surface area (Å²) in [7, 11) is -3.75. The molecule has 0 radical (unpaired) electrons. The highest BCUT2D eigenvalue weighted by molar-refractivity contribution is 7.89. The molecule has 1 amide bonds. The SMILES string of the molecule is Cc1ccc(CS(=O)(=O)NC(=O)C2CCN(c3nc(C)ccc3C#N)CC2)cc1. The molecule has 3 rings (SSSR count). The van der Waals surface area contributed by atoms with E-state index in [0.717, 1.165) is 11.3 Å². The Balaban J connectivity index is 1.59. The molecule has 0 saturated carbocycles. The third-order valence-electron chi connectivity index (χ3n) is 5.03. The summed E-state index contributed by atoms with van der Waals surface area (Å²) < 4.78 is 26.9. The maximum atomic E-state index is 12.5. The predicted octanol–water partition coefficient (Wildman–Crippen LogP) is 2.43. The Morgan fingerprint density at radius 3 is 2.45 bits per heavy atom. The minimum Gasteiger partial charge on any atom is -0.355 e. The van der Waals surface area contributed by atoms with Gasteiger partial charge in [0.15, 0.2) is 0 Å². The fraction of sp³-hybridized carbons (Fsp3) is 0.381. The lowest BCUT2D eigenvalue weighted by atomic mass is 9.96. The lowest BCUT2D eigenvalue weighted by Gasteiger charge is -2.32. The molecule has 0 unspecified atom stereocenters. The predicted molar refractivity (Wildman–Crippen MR) is 111 cm³/mol. The molecule has 152 valence electrons. The van der Waals surface area contributed by atoms with E-state index >= 15 is 0 Å². The van der Waals surface area contributed by atoms with Gasteiger partial charge in [0.2, 0.25) is 15.9 Å². The molecule has 1 aliphatic heterocycles. The van der Waals surface area contributed by atoms with Crippen molar-refractivity contribution in [3.63, 3.8) is 0 Å². The first-order valence-corrected chi connectivity index (χ1v) is 11.2. The van der Waals surface area contributed by atoms with Crippen molar-refractivity contribution in [3.8, 4) is 6.07 Å². The fourth-order valence-electron chi connectivity index (χ4n) is 3.40. The maximum absolute atomic E-state index is 12.5. The summed E-state index contributed by atoms with van der Waals surface area (Å²) in [5.41, 5.74) is 3.00. The molecule has 0 spiro atoms. The van der Waals surface area contributed by atoms with Crippen LogP contribution >= 0.6 is 0 Å². The first kappa shape index (κ1) is 20.8. The van der Waals surface area contributed by atoms with Crippen LogP contribution in [-0.4, -0.2) is 32.4 Å². The van der Waals surface area contributed by atoms with E-state index in [2.05, 4.69) is 15.8 Å². The molecular weight excluding hydrogens is 388 g/mol. The number of hydrogen-bond acceptors (Lipinski definition) is 6. The second kappa shape index (κ2) is 8.62. The normalized spacial score (nSPS) is 15.0. The summed E-state index contributed by atoms with van der Waals surface area (Å²) in [6.07, 6.45) is 1.01. The zero-order valence-electron chi connectivity index (χ0n) is 16.6. The van der Waals surface area contributed by atoms with Crippen molar-refractivity contribution in [1.82, 2.24) is 9.71 Å². The van der Waals surface area contributed by atoms with Crippen LogP contribution in [0.1, 0.15) is 35.2 Å². The molecule has 2 heterocycles. The van der Waals surface area contributed by atoms with Gasteiger partial charge in [-0.15, -0.1) is 0 Å². The number of sulfonamides is 1. The molecule has 1 fully saturated rings. The Morgan fingerprint density at radius 1 is 1.17 bits per heavy atom. The highest BCUT2D eigenvalue weighted by Crippen LogP contribution is 2.25. The van der Waals surface area contributed by atoms with E-state index in [1.54, 1.807) is 24.3 Å². The Bertz CT molecular complexity index is 1030. The minimum atomic E-state index is -3.75. The van der Waals surface area contributed by atoms with Crippen LogP contribution in [0.2, 0.25) is 0 Å². The largest absolute Gasteiger partial charge is 0.355 e. The Hall–Kier alpha value is -2.92. The van der Waals surface area contributed by atoms with Gasteiger partial charge in [0, 0.05) is 24.7 Å². The van der Waals surface area contributed by atoms with Gasteiger partial charge < -0.3 is 4.90 Å². The number of carbonyl (C=O) groups is 1. The van der Waals surface area contributed by atoms with E-state index < -0.39 is 15.9 Å². The van der Waals surface area contributed by atoms with Crippen molar-refractivity contribution in [2.24, 2.45) is 5.92 Å². The van der Waals surface area contributed by atoms with Gasteiger partial charge in [-0.1, -0.05) is 29.8 Å². The van der Waals surface area contributed by atoms with Crippen molar-refractivity contribution < 1.29 is 13.2 Å². The van der Waals surface area contributed by atoms with Gasteiger partial charge in [0.05, 0.1) is 11.3 Å². The van der Waals surface area contributed by atoms with Crippen LogP contribution < -0.4 is 9.62 Å². The van der Waals surface area contributed by atoms with Gasteiger partial charge >= 0.3 is 0 Å². The average molecular weight is 413 g/mol. The maximum Gasteiger partial charge on any atom is 0.239 e. The Kier molecular flexibility index (Phi) is 6.18. The number of benzene rings is 1. The van der Waals surface area contributed by atoms with Crippen LogP contribution in [0.25, 0.3) is 0 Å². The van der Waals surface area contributed by atoms with Crippen molar-refractivity contribution in [2.75, 3.05) is 18.0 Å². The Morgan fingerprint density at radius 2 is 1.83 bits per heavy atom. The van der Waals surface area contributed by atoms with Crippen LogP contribution in [0.5, 0.6) is 0 Å². The molecule has 1 aliphatic rings. The molecule has 1 N–H and O–H groups in total. The van der Waals surface area contributed by atoms with Gasteiger partial charge in [-0.25, -0.2) is 13.4 Å². The average Bonchev–Trinajstić information content (AvgIpc) is 2.69. The van der Waals surface area contributed by atoms with E-state index in [-0.39, 0.29) is 11.7 Å². The number of pyridine rings is 1. The molecule has 2 aromatic rings. The molecule has 0 bridgehead atoms. The summed E-state index contributed by atoms with van der Waals surface area (Å²) in [4.78, 5) is 18.9. The summed E-state index contributed by atoms with van der Waals surface area (Å²) >= 11 is 0. The van der Waals surface area contributed by atoms with Gasteiger partial charge in [-0.3, -0.25) is 9.52 Å². The van der Waals surface area contributed by atoms with Crippen LogP contribution in [-0.2, 0) is 20.6 Å². The lowest BCUT2D eigenvalue weighted by molar-refractivity contribution is -0.123. The number of rotatable bonds is 5. The quantitative estimate of drug-likeness (QED) is 0.809. The number of anilines is 1. The van der Waals surface area contributed by atoms with E-state index in [1.165, 1.54) is 0 Å². The van der Waals surface area contributed by atoms with Gasteiger partial charge in [0.1, 0.15) is 11.9 Å². The van der Waals surface area contributed by atoms with Crippen LogP contribution in [0.3, 0.4) is 0 Å². The molecular formula is C21H24N4O3S. The smallest absolute Gasteiger partial charge is 0.239 e. The number of nitriles is 1. The molecule has 1 aromatic heterocycles. The standard InChI is InChI=1S/C21H24N4O3S/c1-15-3-6-17(7-4-15)14-29(27,28)24-21(26)18-9-11-25(12-10-18)20-19(13-22)8-5-16(2)23-20/h3-8,18H,9-12,14H2,1-2H3,(H,24,26). The molecule has 1 aromatic carbocycles. The monoisotopic (exact) mass is 412 g/mol. The second-order valence-electron chi connectivity index (χ2n) is 7.41. The number of nitrogens with one attached hydrogen (secondary N) is 1. The van der Waals surface area contributed by atoms with Crippen LogP contribution in [0.15, 0.2) is 36.4 Å². The molecule has 1 saturated heterocycles. The van der Waals surface area contributed by atoms with E-state index in [1.807, 2.05) is 30.9 Å². The Labute approximate surface area is 171 Å². The number of hydrogen-bond donors (Lipinski definition) is 1. The molecule has 29 heavy (non-hydrogen) atoms. The lowest BCUT2D eigenvalue weighted by Crippen LogP contribution is -2.43. The molecule has 7 nitrogen and oxygen atoms in total. The molecule has 8 heteroatoms. The number of piperidine rings is 1. The van der Waals surface area contributed by atoms with Crippen LogP contribution in [0.4, 0.5) is 5.82 Å². The summed E-state index contributed by atoms with van der Waals surface area (Å²) in [5, 5.41) is 9.30. The highest BCUT2D eigenvalue weighted by atomic mass is 32.2. The van der Waals surface area contributed by atoms with Gasteiger partial charge in [0.25, 0.3) is 0 Å².